The van der Waals surface area contributed by atoms with Gasteiger partial charge in [-0.05, 0) is 43.7 Å². The molecule has 0 radical (unpaired) electrons. The SMILES string of the molecule is CCOCCCN1Cc2nccc(-c3cn(C)nc3-c3ccc(F)cc3)c2C1=O. The summed E-state index contributed by atoms with van der Waals surface area (Å²) in [6.45, 7) is 4.40. The number of carbonyl (C=O) groups is 1. The average Bonchev–Trinajstić information content (AvgIpc) is 3.26. The van der Waals surface area contributed by atoms with Gasteiger partial charge in [-0.3, -0.25) is 14.5 Å². The second-order valence-electron chi connectivity index (χ2n) is 7.03. The van der Waals surface area contributed by atoms with Gasteiger partial charge in [-0.25, -0.2) is 4.39 Å². The van der Waals surface area contributed by atoms with Crippen molar-refractivity contribution in [3.8, 4) is 22.4 Å². The van der Waals surface area contributed by atoms with Crippen LogP contribution >= 0.6 is 0 Å². The molecule has 0 spiro atoms. The molecule has 0 saturated carbocycles. The molecule has 0 saturated heterocycles. The molecular formula is C22H23FN4O2. The second kappa shape index (κ2) is 8.13. The van der Waals surface area contributed by atoms with Crippen LogP contribution in [-0.2, 0) is 18.3 Å². The van der Waals surface area contributed by atoms with Gasteiger partial charge in [-0.1, -0.05) is 0 Å². The molecule has 2 aromatic heterocycles. The van der Waals surface area contributed by atoms with Gasteiger partial charge in [0.15, 0.2) is 0 Å². The number of pyridine rings is 1. The molecular weight excluding hydrogens is 371 g/mol. The number of aryl methyl sites for hydroxylation is 1. The van der Waals surface area contributed by atoms with Crippen LogP contribution in [0.5, 0.6) is 0 Å². The molecule has 29 heavy (non-hydrogen) atoms. The molecule has 1 aliphatic rings. The Balaban J connectivity index is 1.69. The molecule has 0 aliphatic carbocycles. The predicted octanol–water partition coefficient (Wildman–Crippen LogP) is 3.67. The zero-order valence-corrected chi connectivity index (χ0v) is 16.6. The largest absolute Gasteiger partial charge is 0.382 e. The summed E-state index contributed by atoms with van der Waals surface area (Å²) in [4.78, 5) is 19.4. The molecule has 0 N–H and O–H groups in total. The van der Waals surface area contributed by atoms with Crippen LogP contribution in [0.2, 0.25) is 0 Å². The van der Waals surface area contributed by atoms with Gasteiger partial charge in [0.1, 0.15) is 11.5 Å². The third kappa shape index (κ3) is 3.78. The van der Waals surface area contributed by atoms with Gasteiger partial charge in [-0.2, -0.15) is 5.10 Å². The first-order valence-electron chi connectivity index (χ1n) is 9.73. The van der Waals surface area contributed by atoms with E-state index in [1.807, 2.05) is 31.1 Å². The zero-order chi connectivity index (χ0) is 20.4. The van der Waals surface area contributed by atoms with E-state index in [0.29, 0.717) is 37.6 Å². The number of hydrogen-bond acceptors (Lipinski definition) is 4. The van der Waals surface area contributed by atoms with E-state index in [-0.39, 0.29) is 11.7 Å². The lowest BCUT2D eigenvalue weighted by Gasteiger charge is -2.15. The number of benzene rings is 1. The summed E-state index contributed by atoms with van der Waals surface area (Å²) in [5, 5.41) is 4.56. The molecule has 6 nitrogen and oxygen atoms in total. The van der Waals surface area contributed by atoms with Gasteiger partial charge < -0.3 is 9.64 Å². The van der Waals surface area contributed by atoms with Crippen molar-refractivity contribution in [3.63, 3.8) is 0 Å². The fourth-order valence-electron chi connectivity index (χ4n) is 3.69. The van der Waals surface area contributed by atoms with Crippen molar-refractivity contribution < 1.29 is 13.9 Å². The number of ether oxygens (including phenoxy) is 1. The van der Waals surface area contributed by atoms with Gasteiger partial charge in [0, 0.05) is 55.9 Å². The van der Waals surface area contributed by atoms with E-state index < -0.39 is 0 Å². The van der Waals surface area contributed by atoms with Crippen LogP contribution in [-0.4, -0.2) is 45.3 Å². The van der Waals surface area contributed by atoms with E-state index >= 15 is 0 Å². The maximum Gasteiger partial charge on any atom is 0.256 e. The second-order valence-corrected chi connectivity index (χ2v) is 7.03. The Morgan fingerprint density at radius 1 is 1.17 bits per heavy atom. The van der Waals surface area contributed by atoms with Crippen LogP contribution in [0.15, 0.2) is 42.7 Å². The van der Waals surface area contributed by atoms with E-state index in [2.05, 4.69) is 10.1 Å². The van der Waals surface area contributed by atoms with Crippen LogP contribution in [0.4, 0.5) is 4.39 Å². The van der Waals surface area contributed by atoms with Gasteiger partial charge >= 0.3 is 0 Å². The highest BCUT2D eigenvalue weighted by Crippen LogP contribution is 2.36. The van der Waals surface area contributed by atoms with Crippen molar-refractivity contribution in [3.05, 3.63) is 59.8 Å². The number of hydrogen-bond donors (Lipinski definition) is 0. The lowest BCUT2D eigenvalue weighted by atomic mass is 9.97. The fraction of sp³-hybridized carbons (Fsp3) is 0.318. The van der Waals surface area contributed by atoms with Crippen LogP contribution in [0.25, 0.3) is 22.4 Å². The van der Waals surface area contributed by atoms with Crippen LogP contribution in [0.3, 0.4) is 0 Å². The molecule has 3 aromatic rings. The summed E-state index contributed by atoms with van der Waals surface area (Å²) in [6, 6.07) is 8.07. The minimum Gasteiger partial charge on any atom is -0.382 e. The van der Waals surface area contributed by atoms with E-state index in [9.17, 15) is 9.18 Å². The topological polar surface area (TPSA) is 60.2 Å². The first-order valence-corrected chi connectivity index (χ1v) is 9.73. The van der Waals surface area contributed by atoms with Crippen molar-refractivity contribution in [2.24, 2.45) is 7.05 Å². The molecule has 7 heteroatoms. The van der Waals surface area contributed by atoms with E-state index in [1.54, 1.807) is 23.0 Å². The smallest absolute Gasteiger partial charge is 0.256 e. The van der Waals surface area contributed by atoms with Crippen LogP contribution in [0.1, 0.15) is 29.4 Å². The summed E-state index contributed by atoms with van der Waals surface area (Å²) < 4.78 is 20.5. The van der Waals surface area contributed by atoms with Gasteiger partial charge in [0.2, 0.25) is 0 Å². The summed E-state index contributed by atoms with van der Waals surface area (Å²) in [5.41, 5.74) is 4.55. The molecule has 150 valence electrons. The quantitative estimate of drug-likeness (QED) is 0.574. The van der Waals surface area contributed by atoms with Gasteiger partial charge in [0.25, 0.3) is 5.91 Å². The third-order valence-corrected chi connectivity index (χ3v) is 5.03. The Labute approximate surface area is 168 Å². The Kier molecular flexibility index (Phi) is 5.40. The van der Waals surface area contributed by atoms with Crippen LogP contribution in [0, 0.1) is 5.82 Å². The van der Waals surface area contributed by atoms with Crippen molar-refractivity contribution in [2.45, 2.75) is 19.9 Å². The number of rotatable bonds is 7. The maximum atomic E-state index is 13.4. The number of amides is 1. The molecule has 1 aromatic carbocycles. The Hall–Kier alpha value is -3.06. The monoisotopic (exact) mass is 394 g/mol. The van der Waals surface area contributed by atoms with Crippen molar-refractivity contribution >= 4 is 5.91 Å². The predicted molar refractivity (Wildman–Crippen MR) is 108 cm³/mol. The van der Waals surface area contributed by atoms with E-state index in [1.165, 1.54) is 12.1 Å². The van der Waals surface area contributed by atoms with Crippen LogP contribution < -0.4 is 0 Å². The Bertz CT molecular complexity index is 1030. The number of carbonyl (C=O) groups excluding carboxylic acids is 1. The molecule has 1 aliphatic heterocycles. The van der Waals surface area contributed by atoms with E-state index in [0.717, 1.165) is 28.8 Å². The number of aromatic nitrogens is 3. The standard InChI is InChI=1S/C22H23FN4O2/c1-3-29-12-4-11-27-14-19-20(22(27)28)17(9-10-24-19)18-13-26(2)25-21(18)15-5-7-16(23)8-6-15/h5-10,13H,3-4,11-12,14H2,1-2H3. The normalized spacial score (nSPS) is 13.2. The molecule has 3 heterocycles. The van der Waals surface area contributed by atoms with Crippen molar-refractivity contribution in [1.82, 2.24) is 19.7 Å². The Morgan fingerprint density at radius 3 is 2.72 bits per heavy atom. The first-order chi connectivity index (χ1) is 14.1. The molecule has 0 fully saturated rings. The maximum absolute atomic E-state index is 13.4. The van der Waals surface area contributed by atoms with Crippen molar-refractivity contribution in [1.29, 1.82) is 0 Å². The van der Waals surface area contributed by atoms with Gasteiger partial charge in [-0.15, -0.1) is 0 Å². The van der Waals surface area contributed by atoms with E-state index in [4.69, 9.17) is 4.74 Å². The molecule has 4 rings (SSSR count). The molecule has 0 unspecified atom stereocenters. The number of halogens is 1. The van der Waals surface area contributed by atoms with Gasteiger partial charge in [0.05, 0.1) is 17.8 Å². The number of nitrogens with zero attached hydrogens (tertiary/aromatic N) is 4. The number of fused-ring (bicyclic) bond motifs is 1. The molecule has 0 atom stereocenters. The minimum absolute atomic E-state index is 0.0199. The zero-order valence-electron chi connectivity index (χ0n) is 16.6. The first kappa shape index (κ1) is 19.3. The lowest BCUT2D eigenvalue weighted by Crippen LogP contribution is -2.26. The minimum atomic E-state index is -0.297. The third-order valence-electron chi connectivity index (χ3n) is 5.03. The Morgan fingerprint density at radius 2 is 1.97 bits per heavy atom. The highest BCUT2D eigenvalue weighted by molar-refractivity contribution is 6.05. The summed E-state index contributed by atoms with van der Waals surface area (Å²) in [7, 11) is 1.83. The average molecular weight is 394 g/mol. The lowest BCUT2D eigenvalue weighted by molar-refractivity contribution is 0.0748. The highest BCUT2D eigenvalue weighted by Gasteiger charge is 2.32. The highest BCUT2D eigenvalue weighted by atomic mass is 19.1. The van der Waals surface area contributed by atoms with Crippen molar-refractivity contribution in [2.75, 3.05) is 19.8 Å². The molecule has 1 amide bonds. The molecule has 0 bridgehead atoms. The summed E-state index contributed by atoms with van der Waals surface area (Å²) >= 11 is 0. The fourth-order valence-corrected chi connectivity index (χ4v) is 3.69. The summed E-state index contributed by atoms with van der Waals surface area (Å²) in [6.07, 6.45) is 4.41. The summed E-state index contributed by atoms with van der Waals surface area (Å²) in [5.74, 6) is -0.317.